The number of rotatable bonds is 7. The van der Waals surface area contributed by atoms with Gasteiger partial charge in [-0.3, -0.25) is 10.1 Å². The standard InChI is InChI=1S/C25H23N5O4S/c1-15(16-6-4-3-5-7-16)34-24(33)27-21-20(28-29-30(21)2)17-8-10-18(11-9-17)22-26-14-19(35-22)25(12-13-25)23(31)32/h3-11,14-15H,12-13H2,1-2H3,(H,27,33)(H,31,32)/t15-/m1/s1. The number of hydrogen-bond acceptors (Lipinski definition) is 7. The van der Waals surface area contributed by atoms with Crippen molar-refractivity contribution in [3.05, 3.63) is 71.2 Å². The van der Waals surface area contributed by atoms with Crippen LogP contribution in [-0.4, -0.2) is 37.1 Å². The number of benzene rings is 2. The molecule has 9 nitrogen and oxygen atoms in total. The summed E-state index contributed by atoms with van der Waals surface area (Å²) in [6, 6.07) is 17.0. The Bertz CT molecular complexity index is 1380. The maximum absolute atomic E-state index is 12.6. The summed E-state index contributed by atoms with van der Waals surface area (Å²) in [6.07, 6.45) is 1.95. The molecule has 0 saturated heterocycles. The van der Waals surface area contributed by atoms with Gasteiger partial charge in [0.1, 0.15) is 22.2 Å². The van der Waals surface area contributed by atoms with Crippen LogP contribution in [0.4, 0.5) is 10.6 Å². The van der Waals surface area contributed by atoms with Crippen LogP contribution < -0.4 is 5.32 Å². The van der Waals surface area contributed by atoms with Gasteiger partial charge in [0.25, 0.3) is 0 Å². The molecule has 1 aliphatic carbocycles. The predicted molar refractivity (Wildman–Crippen MR) is 131 cm³/mol. The topological polar surface area (TPSA) is 119 Å². The lowest BCUT2D eigenvalue weighted by Gasteiger charge is -2.14. The Morgan fingerprint density at radius 2 is 1.80 bits per heavy atom. The van der Waals surface area contributed by atoms with Crippen LogP contribution in [-0.2, 0) is 22.0 Å². The molecule has 178 valence electrons. The van der Waals surface area contributed by atoms with Gasteiger partial charge in [-0.05, 0) is 25.3 Å². The molecule has 10 heteroatoms. The molecule has 1 saturated carbocycles. The van der Waals surface area contributed by atoms with Crippen LogP contribution in [0.2, 0.25) is 0 Å². The first-order chi connectivity index (χ1) is 16.9. The number of carboxylic acid groups (broad SMARTS) is 1. The van der Waals surface area contributed by atoms with Gasteiger partial charge < -0.3 is 9.84 Å². The van der Waals surface area contributed by atoms with Gasteiger partial charge in [0.2, 0.25) is 0 Å². The number of nitrogens with one attached hydrogen (secondary N) is 1. The molecule has 4 aromatic rings. The average molecular weight is 490 g/mol. The Labute approximate surface area is 205 Å². The molecule has 0 unspecified atom stereocenters. The molecule has 1 amide bonds. The van der Waals surface area contributed by atoms with Crippen LogP contribution in [0.1, 0.15) is 36.3 Å². The van der Waals surface area contributed by atoms with Crippen molar-refractivity contribution >= 4 is 29.2 Å². The fourth-order valence-corrected chi connectivity index (χ4v) is 5.02. The largest absolute Gasteiger partial charge is 0.481 e. The summed E-state index contributed by atoms with van der Waals surface area (Å²) < 4.78 is 6.99. The second-order valence-electron chi connectivity index (χ2n) is 8.49. The Morgan fingerprint density at radius 1 is 1.11 bits per heavy atom. The van der Waals surface area contributed by atoms with Gasteiger partial charge in [-0.25, -0.2) is 14.5 Å². The third-order valence-electron chi connectivity index (χ3n) is 6.14. The number of anilines is 1. The molecule has 2 aromatic heterocycles. The highest BCUT2D eigenvalue weighted by molar-refractivity contribution is 7.15. The number of carbonyl (C=O) groups is 2. The number of aryl methyl sites for hydroxylation is 1. The molecule has 0 radical (unpaired) electrons. The maximum Gasteiger partial charge on any atom is 0.413 e. The number of amides is 1. The quantitative estimate of drug-likeness (QED) is 0.374. The molecule has 1 atom stereocenters. The molecule has 0 spiro atoms. The zero-order valence-corrected chi connectivity index (χ0v) is 20.0. The molecular weight excluding hydrogens is 466 g/mol. The second kappa shape index (κ2) is 8.95. The van der Waals surface area contributed by atoms with Crippen LogP contribution in [0.3, 0.4) is 0 Å². The van der Waals surface area contributed by atoms with E-state index in [0.717, 1.165) is 26.6 Å². The SMILES string of the molecule is C[C@@H](OC(=O)Nc1c(-c2ccc(-c3ncc(C4(C(=O)O)CC4)s3)cc2)nnn1C)c1ccccc1. The van der Waals surface area contributed by atoms with E-state index in [1.54, 1.807) is 13.2 Å². The van der Waals surface area contributed by atoms with E-state index in [4.69, 9.17) is 4.74 Å². The first kappa shape index (κ1) is 22.7. The van der Waals surface area contributed by atoms with Gasteiger partial charge in [0.05, 0.1) is 0 Å². The zero-order valence-electron chi connectivity index (χ0n) is 19.1. The van der Waals surface area contributed by atoms with E-state index in [0.29, 0.717) is 24.4 Å². The smallest absolute Gasteiger partial charge is 0.413 e. The van der Waals surface area contributed by atoms with Gasteiger partial charge in [0.15, 0.2) is 5.82 Å². The second-order valence-corrected chi connectivity index (χ2v) is 9.52. The predicted octanol–water partition coefficient (Wildman–Crippen LogP) is 5.03. The summed E-state index contributed by atoms with van der Waals surface area (Å²) in [5.41, 5.74) is 2.27. The van der Waals surface area contributed by atoms with Gasteiger partial charge in [-0.15, -0.1) is 16.4 Å². The van der Waals surface area contributed by atoms with Crippen molar-refractivity contribution in [2.24, 2.45) is 7.05 Å². The molecule has 2 aromatic carbocycles. The lowest BCUT2D eigenvalue weighted by Crippen LogP contribution is -2.18. The van der Waals surface area contributed by atoms with Crippen molar-refractivity contribution in [1.29, 1.82) is 0 Å². The van der Waals surface area contributed by atoms with Crippen LogP contribution in [0.15, 0.2) is 60.8 Å². The van der Waals surface area contributed by atoms with E-state index in [-0.39, 0.29) is 0 Å². The number of aromatic nitrogens is 4. The van der Waals surface area contributed by atoms with Gasteiger partial charge in [0, 0.05) is 29.2 Å². The Kier molecular flexibility index (Phi) is 5.81. The molecule has 2 N–H and O–H groups in total. The fraction of sp³-hybridized carbons (Fsp3) is 0.240. The molecule has 2 heterocycles. The van der Waals surface area contributed by atoms with E-state index >= 15 is 0 Å². The summed E-state index contributed by atoms with van der Waals surface area (Å²) in [5.74, 6) is -0.376. The minimum atomic E-state index is -0.789. The minimum Gasteiger partial charge on any atom is -0.481 e. The van der Waals surface area contributed by atoms with E-state index in [1.807, 2.05) is 61.5 Å². The zero-order chi connectivity index (χ0) is 24.6. The normalized spacial score (nSPS) is 14.8. The Balaban J connectivity index is 1.31. The van der Waals surface area contributed by atoms with Gasteiger partial charge in [-0.1, -0.05) is 59.8 Å². The van der Waals surface area contributed by atoms with Crippen molar-refractivity contribution in [3.8, 4) is 21.8 Å². The summed E-state index contributed by atoms with van der Waals surface area (Å²) >= 11 is 1.41. The van der Waals surface area contributed by atoms with Gasteiger partial charge in [-0.2, -0.15) is 0 Å². The number of thiazole rings is 1. The first-order valence-corrected chi connectivity index (χ1v) is 11.9. The van der Waals surface area contributed by atoms with Crippen molar-refractivity contribution in [2.75, 3.05) is 5.32 Å². The van der Waals surface area contributed by atoms with Crippen molar-refractivity contribution in [3.63, 3.8) is 0 Å². The molecule has 1 fully saturated rings. The molecule has 1 aliphatic rings. The lowest BCUT2D eigenvalue weighted by atomic mass is 10.1. The number of hydrogen-bond donors (Lipinski definition) is 2. The van der Waals surface area contributed by atoms with Crippen molar-refractivity contribution in [1.82, 2.24) is 20.0 Å². The Hall–Kier alpha value is -4.05. The molecule has 0 bridgehead atoms. The molecule has 5 rings (SSSR count). The minimum absolute atomic E-state index is 0.414. The number of carboxylic acids is 1. The van der Waals surface area contributed by atoms with Crippen molar-refractivity contribution < 1.29 is 19.4 Å². The molecule has 0 aliphatic heterocycles. The first-order valence-electron chi connectivity index (χ1n) is 11.1. The monoisotopic (exact) mass is 489 g/mol. The highest BCUT2D eigenvalue weighted by atomic mass is 32.1. The maximum atomic E-state index is 12.6. The number of ether oxygens (including phenoxy) is 1. The average Bonchev–Trinajstić information content (AvgIpc) is 3.40. The summed E-state index contributed by atoms with van der Waals surface area (Å²) in [4.78, 5) is 29.4. The third-order valence-corrected chi connectivity index (χ3v) is 7.39. The van der Waals surface area contributed by atoms with E-state index in [1.165, 1.54) is 16.0 Å². The van der Waals surface area contributed by atoms with Crippen LogP contribution in [0, 0.1) is 0 Å². The van der Waals surface area contributed by atoms with Crippen LogP contribution in [0.25, 0.3) is 21.8 Å². The van der Waals surface area contributed by atoms with E-state index in [9.17, 15) is 14.7 Å². The van der Waals surface area contributed by atoms with Crippen LogP contribution in [0.5, 0.6) is 0 Å². The lowest BCUT2D eigenvalue weighted by molar-refractivity contribution is -0.139. The highest BCUT2D eigenvalue weighted by Gasteiger charge is 2.53. The summed E-state index contributed by atoms with van der Waals surface area (Å²) in [6.45, 7) is 1.81. The number of aliphatic carboxylic acids is 1. The summed E-state index contributed by atoms with van der Waals surface area (Å²) in [5, 5.41) is 21.3. The van der Waals surface area contributed by atoms with Crippen molar-refractivity contribution in [2.45, 2.75) is 31.3 Å². The van der Waals surface area contributed by atoms with E-state index in [2.05, 4.69) is 20.6 Å². The number of nitrogens with zero attached hydrogens (tertiary/aromatic N) is 4. The third kappa shape index (κ3) is 4.40. The van der Waals surface area contributed by atoms with Gasteiger partial charge >= 0.3 is 12.1 Å². The van der Waals surface area contributed by atoms with Crippen LogP contribution >= 0.6 is 11.3 Å². The molecule has 35 heavy (non-hydrogen) atoms. The molecular formula is C25H23N5O4S. The fourth-order valence-electron chi connectivity index (χ4n) is 3.86. The number of carbonyl (C=O) groups excluding carboxylic acids is 1. The Morgan fingerprint density at radius 3 is 2.46 bits per heavy atom. The summed E-state index contributed by atoms with van der Waals surface area (Å²) in [7, 11) is 1.69. The van der Waals surface area contributed by atoms with E-state index < -0.39 is 23.6 Å². The highest BCUT2D eigenvalue weighted by Crippen LogP contribution is 2.51.